The molecular formula is C24H24N2O6. The molecule has 4 rings (SSSR count). The van der Waals surface area contributed by atoms with Crippen LogP contribution in [-0.2, 0) is 20.9 Å². The minimum atomic E-state index is -0.714. The Hall–Kier alpha value is -3.78. The Kier molecular flexibility index (Phi) is 7.04. The van der Waals surface area contributed by atoms with E-state index in [9.17, 15) is 9.59 Å². The average Bonchev–Trinajstić information content (AvgIpc) is 3.32. The number of amides is 1. The van der Waals surface area contributed by atoms with Crippen molar-refractivity contribution in [3.8, 4) is 5.75 Å². The Bertz CT molecular complexity index is 1030. The number of benzene rings is 2. The van der Waals surface area contributed by atoms with E-state index in [1.54, 1.807) is 6.07 Å². The van der Waals surface area contributed by atoms with Gasteiger partial charge >= 0.3 is 5.97 Å². The van der Waals surface area contributed by atoms with Crippen molar-refractivity contribution in [3.63, 3.8) is 0 Å². The van der Waals surface area contributed by atoms with Crippen molar-refractivity contribution in [3.05, 3.63) is 78.3 Å². The minimum Gasteiger partial charge on any atom is -0.486 e. The summed E-state index contributed by atoms with van der Waals surface area (Å²) in [5, 5.41) is 2.71. The molecule has 1 aliphatic heterocycles. The monoisotopic (exact) mass is 436 g/mol. The number of esters is 1. The third-order valence-corrected chi connectivity index (χ3v) is 4.85. The molecule has 166 valence electrons. The predicted molar refractivity (Wildman–Crippen MR) is 118 cm³/mol. The third-order valence-electron chi connectivity index (χ3n) is 4.85. The Morgan fingerprint density at radius 3 is 2.44 bits per heavy atom. The number of nitrogens with zero attached hydrogens (tertiary/aromatic N) is 1. The largest absolute Gasteiger partial charge is 0.486 e. The van der Waals surface area contributed by atoms with Crippen LogP contribution in [0.1, 0.15) is 16.3 Å². The SMILES string of the molecule is O=C(COC(=O)c1ccc(COc2ccccc2)o1)Nc1ccc(N2CCOCC2)cc1. The molecule has 0 radical (unpaired) electrons. The van der Waals surface area contributed by atoms with Gasteiger partial charge < -0.3 is 28.8 Å². The van der Waals surface area contributed by atoms with Gasteiger partial charge in [0.1, 0.15) is 18.1 Å². The maximum Gasteiger partial charge on any atom is 0.374 e. The molecule has 1 aliphatic rings. The highest BCUT2D eigenvalue weighted by molar-refractivity contribution is 5.94. The number of hydrogen-bond donors (Lipinski definition) is 1. The van der Waals surface area contributed by atoms with Crippen LogP contribution in [0.3, 0.4) is 0 Å². The van der Waals surface area contributed by atoms with Gasteiger partial charge in [0.25, 0.3) is 5.91 Å². The highest BCUT2D eigenvalue weighted by atomic mass is 16.6. The van der Waals surface area contributed by atoms with Gasteiger partial charge in [0, 0.05) is 24.5 Å². The van der Waals surface area contributed by atoms with E-state index >= 15 is 0 Å². The van der Waals surface area contributed by atoms with Crippen LogP contribution in [-0.4, -0.2) is 44.8 Å². The van der Waals surface area contributed by atoms with Crippen LogP contribution in [0.25, 0.3) is 0 Å². The van der Waals surface area contributed by atoms with Crippen molar-refractivity contribution in [1.82, 2.24) is 0 Å². The zero-order chi connectivity index (χ0) is 22.2. The molecule has 8 heteroatoms. The van der Waals surface area contributed by atoms with E-state index in [0.29, 0.717) is 30.4 Å². The molecule has 0 atom stereocenters. The first kappa shape index (κ1) is 21.5. The molecule has 1 aromatic heterocycles. The van der Waals surface area contributed by atoms with E-state index in [4.69, 9.17) is 18.6 Å². The molecule has 1 saturated heterocycles. The van der Waals surface area contributed by atoms with Gasteiger partial charge in [0.2, 0.25) is 5.76 Å². The van der Waals surface area contributed by atoms with Crippen LogP contribution in [0.4, 0.5) is 11.4 Å². The zero-order valence-corrected chi connectivity index (χ0v) is 17.5. The van der Waals surface area contributed by atoms with Crippen molar-refractivity contribution in [1.29, 1.82) is 0 Å². The number of carbonyl (C=O) groups is 2. The molecular weight excluding hydrogens is 412 g/mol. The third kappa shape index (κ3) is 5.89. The quantitative estimate of drug-likeness (QED) is 0.541. The smallest absolute Gasteiger partial charge is 0.374 e. The van der Waals surface area contributed by atoms with Crippen LogP contribution in [0.5, 0.6) is 5.75 Å². The second-order valence-electron chi connectivity index (χ2n) is 7.14. The molecule has 3 aromatic rings. The molecule has 0 spiro atoms. The maximum atomic E-state index is 12.2. The second kappa shape index (κ2) is 10.5. The van der Waals surface area contributed by atoms with Gasteiger partial charge in [-0.1, -0.05) is 18.2 Å². The Morgan fingerprint density at radius 2 is 1.69 bits per heavy atom. The Morgan fingerprint density at radius 1 is 0.938 bits per heavy atom. The van der Waals surface area contributed by atoms with Crippen LogP contribution < -0.4 is 15.0 Å². The zero-order valence-electron chi connectivity index (χ0n) is 17.5. The lowest BCUT2D eigenvalue weighted by Gasteiger charge is -2.28. The number of hydrogen-bond acceptors (Lipinski definition) is 7. The summed E-state index contributed by atoms with van der Waals surface area (Å²) in [6.45, 7) is 2.87. The standard InChI is InChI=1S/C24H24N2O6/c27-23(25-18-6-8-19(9-7-18)26-12-14-29-15-13-26)17-31-24(28)22-11-10-21(32-22)16-30-20-4-2-1-3-5-20/h1-11H,12-17H2,(H,25,27). The molecule has 2 heterocycles. The van der Waals surface area contributed by atoms with Crippen LogP contribution in [0, 0.1) is 0 Å². The molecule has 0 saturated carbocycles. The van der Waals surface area contributed by atoms with E-state index in [2.05, 4.69) is 10.2 Å². The number of ether oxygens (including phenoxy) is 3. The first-order chi connectivity index (χ1) is 15.7. The molecule has 0 unspecified atom stereocenters. The van der Waals surface area contributed by atoms with E-state index < -0.39 is 18.5 Å². The van der Waals surface area contributed by atoms with Crippen molar-refractivity contribution in [2.75, 3.05) is 43.1 Å². The highest BCUT2D eigenvalue weighted by Crippen LogP contribution is 2.19. The second-order valence-corrected chi connectivity index (χ2v) is 7.14. The van der Waals surface area contributed by atoms with Gasteiger partial charge in [-0.15, -0.1) is 0 Å². The minimum absolute atomic E-state index is 0.0133. The Balaban J connectivity index is 1.21. The number of carbonyl (C=O) groups excluding carboxylic acids is 2. The molecule has 0 bridgehead atoms. The molecule has 2 aromatic carbocycles. The topological polar surface area (TPSA) is 90.2 Å². The number of rotatable bonds is 8. The van der Waals surface area contributed by atoms with Gasteiger partial charge in [-0.3, -0.25) is 4.79 Å². The predicted octanol–water partition coefficient (Wildman–Crippen LogP) is 3.49. The van der Waals surface area contributed by atoms with Crippen LogP contribution >= 0.6 is 0 Å². The van der Waals surface area contributed by atoms with E-state index in [-0.39, 0.29) is 12.4 Å². The number of para-hydroxylation sites is 1. The summed E-state index contributed by atoms with van der Waals surface area (Å²) < 4.78 is 21.4. The summed E-state index contributed by atoms with van der Waals surface area (Å²) in [6, 6.07) is 19.9. The lowest BCUT2D eigenvalue weighted by Crippen LogP contribution is -2.36. The van der Waals surface area contributed by atoms with E-state index in [0.717, 1.165) is 18.8 Å². The molecule has 32 heavy (non-hydrogen) atoms. The molecule has 1 N–H and O–H groups in total. The number of furan rings is 1. The van der Waals surface area contributed by atoms with Gasteiger partial charge in [-0.25, -0.2) is 4.79 Å². The lowest BCUT2D eigenvalue weighted by atomic mass is 10.2. The fraction of sp³-hybridized carbons (Fsp3) is 0.250. The van der Waals surface area contributed by atoms with E-state index in [1.807, 2.05) is 54.6 Å². The van der Waals surface area contributed by atoms with Gasteiger partial charge in [-0.05, 0) is 48.5 Å². The summed E-state index contributed by atoms with van der Waals surface area (Å²) >= 11 is 0. The molecule has 8 nitrogen and oxygen atoms in total. The summed E-state index contributed by atoms with van der Waals surface area (Å²) in [5.74, 6) is 0.0399. The fourth-order valence-electron chi connectivity index (χ4n) is 3.21. The highest BCUT2D eigenvalue weighted by Gasteiger charge is 2.16. The molecule has 1 amide bonds. The summed E-state index contributed by atoms with van der Waals surface area (Å²) in [5.41, 5.74) is 1.70. The van der Waals surface area contributed by atoms with Crippen molar-refractivity contribution >= 4 is 23.3 Å². The maximum absolute atomic E-state index is 12.2. The number of anilines is 2. The summed E-state index contributed by atoms with van der Waals surface area (Å²) in [6.07, 6.45) is 0. The van der Waals surface area contributed by atoms with E-state index in [1.165, 1.54) is 6.07 Å². The summed E-state index contributed by atoms with van der Waals surface area (Å²) in [4.78, 5) is 26.5. The van der Waals surface area contributed by atoms with Gasteiger partial charge in [0.05, 0.1) is 13.2 Å². The molecule has 0 aliphatic carbocycles. The van der Waals surface area contributed by atoms with Gasteiger partial charge in [-0.2, -0.15) is 0 Å². The molecule has 1 fully saturated rings. The van der Waals surface area contributed by atoms with Crippen LogP contribution in [0.2, 0.25) is 0 Å². The summed E-state index contributed by atoms with van der Waals surface area (Å²) in [7, 11) is 0. The number of nitrogens with one attached hydrogen (secondary N) is 1. The van der Waals surface area contributed by atoms with Crippen molar-refractivity contribution in [2.45, 2.75) is 6.61 Å². The van der Waals surface area contributed by atoms with Crippen molar-refractivity contribution < 1.29 is 28.2 Å². The first-order valence-corrected chi connectivity index (χ1v) is 10.3. The average molecular weight is 436 g/mol. The van der Waals surface area contributed by atoms with Gasteiger partial charge in [0.15, 0.2) is 6.61 Å². The van der Waals surface area contributed by atoms with Crippen LogP contribution in [0.15, 0.2) is 71.1 Å². The lowest BCUT2D eigenvalue weighted by molar-refractivity contribution is -0.119. The van der Waals surface area contributed by atoms with Crippen molar-refractivity contribution in [2.24, 2.45) is 0 Å². The first-order valence-electron chi connectivity index (χ1n) is 10.3. The number of morpholine rings is 1. The fourth-order valence-corrected chi connectivity index (χ4v) is 3.21. The Labute approximate surface area is 185 Å². The normalized spacial score (nSPS) is 13.4.